The number of likely N-dealkylation sites (tertiary alicyclic amines) is 1. The lowest BCUT2D eigenvalue weighted by Gasteiger charge is -2.45. The zero-order valence-electron chi connectivity index (χ0n) is 14.9. The number of hydrogen-bond donors (Lipinski definition) is 2. The molecular weight excluding hydrogens is 367 g/mol. The normalized spacial score (nSPS) is 21.5. The Morgan fingerprint density at radius 1 is 1.38 bits per heavy atom. The fourth-order valence-corrected chi connectivity index (χ4v) is 3.82. The van der Waals surface area contributed by atoms with Crippen molar-refractivity contribution >= 4 is 42.1 Å². The maximum Gasteiger partial charge on any atom is 0.270 e. The van der Waals surface area contributed by atoms with Gasteiger partial charge < -0.3 is 11.1 Å². The van der Waals surface area contributed by atoms with E-state index >= 15 is 0 Å². The molecule has 1 aromatic heterocycles. The Hall–Kier alpha value is -0.400. The molecule has 1 fully saturated rings. The van der Waals surface area contributed by atoms with E-state index in [2.05, 4.69) is 42.9 Å². The van der Waals surface area contributed by atoms with Crippen molar-refractivity contribution in [3.63, 3.8) is 0 Å². The zero-order valence-corrected chi connectivity index (χ0v) is 17.3. The lowest BCUT2D eigenvalue weighted by atomic mass is 9.88. The average Bonchev–Trinajstić information content (AvgIpc) is 2.93. The molecule has 0 bridgehead atoms. The van der Waals surface area contributed by atoms with Crippen molar-refractivity contribution in [3.05, 3.63) is 16.1 Å². The number of aromatic nitrogens is 1. The molecule has 1 amide bonds. The average molecular weight is 397 g/mol. The number of nitrogens with zero attached hydrogens (tertiary/aromatic N) is 2. The van der Waals surface area contributed by atoms with Gasteiger partial charge in [-0.2, -0.15) is 0 Å². The number of rotatable bonds is 5. The van der Waals surface area contributed by atoms with Gasteiger partial charge in [-0.1, -0.05) is 13.8 Å². The minimum Gasteiger partial charge on any atom is -0.349 e. The van der Waals surface area contributed by atoms with Crippen molar-refractivity contribution < 1.29 is 4.79 Å². The van der Waals surface area contributed by atoms with Crippen LogP contribution in [0.5, 0.6) is 0 Å². The minimum atomic E-state index is -0.109. The molecule has 1 saturated heterocycles. The second kappa shape index (κ2) is 9.92. The summed E-state index contributed by atoms with van der Waals surface area (Å²) < 4.78 is 0. The first-order valence-electron chi connectivity index (χ1n) is 7.99. The van der Waals surface area contributed by atoms with Crippen LogP contribution in [0, 0.1) is 11.8 Å². The number of nitrogens with one attached hydrogen (secondary N) is 1. The number of halogens is 2. The standard InChI is InChI=1S/C16H28N4OS.2ClH/c1-11-5-12(2)8-20(7-11)16(3,4)10-18-15(21)13-9-22-14(6-17)19-13;;/h9,11-12H,5-8,10,17H2,1-4H3,(H,18,21);2*1H. The molecule has 0 spiro atoms. The Morgan fingerprint density at radius 2 is 1.96 bits per heavy atom. The first-order valence-corrected chi connectivity index (χ1v) is 8.87. The van der Waals surface area contributed by atoms with Gasteiger partial charge in [0.05, 0.1) is 0 Å². The van der Waals surface area contributed by atoms with Gasteiger partial charge in [-0.05, 0) is 32.1 Å². The van der Waals surface area contributed by atoms with Crippen molar-refractivity contribution in [1.29, 1.82) is 0 Å². The summed E-state index contributed by atoms with van der Waals surface area (Å²) in [6.45, 7) is 12.2. The highest BCUT2D eigenvalue weighted by molar-refractivity contribution is 7.09. The van der Waals surface area contributed by atoms with Gasteiger partial charge in [-0.25, -0.2) is 4.98 Å². The number of piperidine rings is 1. The van der Waals surface area contributed by atoms with Gasteiger partial charge >= 0.3 is 0 Å². The van der Waals surface area contributed by atoms with Gasteiger partial charge in [0.1, 0.15) is 10.7 Å². The summed E-state index contributed by atoms with van der Waals surface area (Å²) >= 11 is 1.43. The van der Waals surface area contributed by atoms with Crippen molar-refractivity contribution in [3.8, 4) is 0 Å². The van der Waals surface area contributed by atoms with Gasteiger partial charge in [-0.15, -0.1) is 36.2 Å². The van der Waals surface area contributed by atoms with Gasteiger partial charge in [0.15, 0.2) is 0 Å². The van der Waals surface area contributed by atoms with Crippen LogP contribution in [0.2, 0.25) is 0 Å². The van der Waals surface area contributed by atoms with Crippen LogP contribution in [0.3, 0.4) is 0 Å². The molecule has 1 aliphatic heterocycles. The Balaban J connectivity index is 0.00000264. The SMILES string of the molecule is CC1CC(C)CN(C(C)(C)CNC(=O)c2csc(CN)n2)C1.Cl.Cl. The number of thiazole rings is 1. The molecule has 2 rings (SSSR count). The van der Waals surface area contributed by atoms with Crippen LogP contribution >= 0.6 is 36.2 Å². The molecular formula is C16H30Cl2N4OS. The second-order valence-corrected chi connectivity index (χ2v) is 8.12. The molecule has 24 heavy (non-hydrogen) atoms. The molecule has 0 aromatic carbocycles. The van der Waals surface area contributed by atoms with E-state index in [4.69, 9.17) is 5.73 Å². The fraction of sp³-hybridized carbons (Fsp3) is 0.750. The Morgan fingerprint density at radius 3 is 2.46 bits per heavy atom. The van der Waals surface area contributed by atoms with Gasteiger partial charge in [-0.3, -0.25) is 9.69 Å². The second-order valence-electron chi connectivity index (χ2n) is 7.18. The maximum atomic E-state index is 12.2. The molecule has 0 radical (unpaired) electrons. The van der Waals surface area contributed by atoms with Crippen LogP contribution in [0.1, 0.15) is 49.6 Å². The highest BCUT2D eigenvalue weighted by Crippen LogP contribution is 2.26. The van der Waals surface area contributed by atoms with Crippen molar-refractivity contribution in [1.82, 2.24) is 15.2 Å². The first kappa shape index (κ1) is 23.6. The molecule has 0 saturated carbocycles. The number of carbonyl (C=O) groups excluding carboxylic acids is 1. The summed E-state index contributed by atoms with van der Waals surface area (Å²) in [4.78, 5) is 18.9. The maximum absolute atomic E-state index is 12.2. The highest BCUT2D eigenvalue weighted by Gasteiger charge is 2.33. The predicted molar refractivity (Wildman–Crippen MR) is 105 cm³/mol. The third-order valence-electron chi connectivity index (χ3n) is 4.37. The summed E-state index contributed by atoms with van der Waals surface area (Å²) in [5.74, 6) is 1.32. The highest BCUT2D eigenvalue weighted by atomic mass is 35.5. The minimum absolute atomic E-state index is 0. The molecule has 2 atom stereocenters. The van der Waals surface area contributed by atoms with E-state index < -0.39 is 0 Å². The van der Waals surface area contributed by atoms with E-state index in [0.717, 1.165) is 18.1 Å². The third kappa shape index (κ3) is 6.15. The molecule has 2 heterocycles. The van der Waals surface area contributed by atoms with E-state index in [-0.39, 0.29) is 36.3 Å². The van der Waals surface area contributed by atoms with Crippen LogP contribution in [-0.4, -0.2) is 41.0 Å². The number of amides is 1. The zero-order chi connectivity index (χ0) is 16.3. The Kier molecular flexibility index (Phi) is 9.76. The van der Waals surface area contributed by atoms with Crippen LogP contribution in [0.4, 0.5) is 0 Å². The molecule has 3 N–H and O–H groups in total. The van der Waals surface area contributed by atoms with Gasteiger partial charge in [0.25, 0.3) is 5.91 Å². The lowest BCUT2D eigenvalue weighted by molar-refractivity contribution is 0.0444. The summed E-state index contributed by atoms with van der Waals surface area (Å²) in [6.07, 6.45) is 1.29. The largest absolute Gasteiger partial charge is 0.349 e. The lowest BCUT2D eigenvalue weighted by Crippen LogP contribution is -2.56. The smallest absolute Gasteiger partial charge is 0.270 e. The summed E-state index contributed by atoms with van der Waals surface area (Å²) in [5.41, 5.74) is 5.96. The van der Waals surface area contributed by atoms with Crippen LogP contribution in [0.25, 0.3) is 0 Å². The van der Waals surface area contributed by atoms with Crippen LogP contribution in [-0.2, 0) is 6.54 Å². The van der Waals surface area contributed by atoms with Gasteiger partial charge in [0.2, 0.25) is 0 Å². The Bertz CT molecular complexity index is 514. The van der Waals surface area contributed by atoms with E-state index in [1.54, 1.807) is 5.38 Å². The Labute approximate surface area is 161 Å². The first-order chi connectivity index (χ1) is 10.3. The van der Waals surface area contributed by atoms with Crippen molar-refractivity contribution in [2.45, 2.75) is 46.2 Å². The predicted octanol–water partition coefficient (Wildman–Crippen LogP) is 2.93. The number of carbonyl (C=O) groups is 1. The quantitative estimate of drug-likeness (QED) is 0.802. The number of hydrogen-bond acceptors (Lipinski definition) is 5. The van der Waals surface area contributed by atoms with E-state index in [0.29, 0.717) is 30.6 Å². The molecule has 140 valence electrons. The topological polar surface area (TPSA) is 71.2 Å². The van der Waals surface area contributed by atoms with Gasteiger partial charge in [0, 0.05) is 37.1 Å². The van der Waals surface area contributed by atoms with E-state index in [1.807, 2.05) is 0 Å². The summed E-state index contributed by atoms with van der Waals surface area (Å²) in [7, 11) is 0. The molecule has 1 aliphatic rings. The molecule has 8 heteroatoms. The summed E-state index contributed by atoms with van der Waals surface area (Å²) in [5, 5.41) is 5.59. The van der Waals surface area contributed by atoms with Crippen LogP contribution < -0.4 is 11.1 Å². The molecule has 0 aliphatic carbocycles. The van der Waals surface area contributed by atoms with Crippen molar-refractivity contribution in [2.75, 3.05) is 19.6 Å². The summed E-state index contributed by atoms with van der Waals surface area (Å²) in [6, 6.07) is 0. The molecule has 5 nitrogen and oxygen atoms in total. The monoisotopic (exact) mass is 396 g/mol. The fourth-order valence-electron chi connectivity index (χ4n) is 3.17. The van der Waals surface area contributed by atoms with Crippen LogP contribution in [0.15, 0.2) is 5.38 Å². The number of nitrogens with two attached hydrogens (primary N) is 1. The van der Waals surface area contributed by atoms with Crippen molar-refractivity contribution in [2.24, 2.45) is 17.6 Å². The molecule has 2 unspecified atom stereocenters. The molecule has 1 aromatic rings. The third-order valence-corrected chi connectivity index (χ3v) is 5.24. The van der Waals surface area contributed by atoms with E-state index in [1.165, 1.54) is 17.8 Å². The van der Waals surface area contributed by atoms with E-state index in [9.17, 15) is 4.79 Å².